The molecule has 1 aliphatic rings. The summed E-state index contributed by atoms with van der Waals surface area (Å²) < 4.78 is 22.8. The van der Waals surface area contributed by atoms with Gasteiger partial charge in [-0.2, -0.15) is 0 Å². The number of anilines is 1. The topological polar surface area (TPSA) is 92.3 Å². The molecule has 1 amide bonds. The van der Waals surface area contributed by atoms with Crippen molar-refractivity contribution in [1.82, 2.24) is 14.9 Å². The lowest BCUT2D eigenvalue weighted by molar-refractivity contribution is 0.0770. The fourth-order valence-electron chi connectivity index (χ4n) is 2.40. The highest BCUT2D eigenvalue weighted by atomic mass is 32.2. The first-order valence-corrected chi connectivity index (χ1v) is 10.3. The summed E-state index contributed by atoms with van der Waals surface area (Å²) in [5.41, 5.74) is 0.472. The zero-order chi connectivity index (χ0) is 17.0. The number of nitrogens with zero attached hydrogens (tertiary/aromatic N) is 3. The zero-order valence-electron chi connectivity index (χ0n) is 13.0. The Kier molecular flexibility index (Phi) is 5.10. The molecule has 0 saturated carbocycles. The quantitative estimate of drug-likeness (QED) is 0.851. The summed E-state index contributed by atoms with van der Waals surface area (Å²) in [4.78, 5) is 22.4. The van der Waals surface area contributed by atoms with Crippen molar-refractivity contribution in [3.8, 4) is 0 Å². The highest BCUT2D eigenvalue weighted by Crippen LogP contribution is 2.12. The lowest BCUT2D eigenvalue weighted by Crippen LogP contribution is -2.43. The smallest absolute Gasteiger partial charge is 0.255 e. The van der Waals surface area contributed by atoms with Crippen molar-refractivity contribution in [3.63, 3.8) is 0 Å². The van der Waals surface area contributed by atoms with Gasteiger partial charge in [0.15, 0.2) is 9.84 Å². The van der Waals surface area contributed by atoms with Crippen molar-refractivity contribution in [2.45, 2.75) is 6.42 Å². The fraction of sp³-hybridized carbons (Fsp3) is 0.400. The molecule has 1 aliphatic heterocycles. The van der Waals surface area contributed by atoms with Crippen LogP contribution in [0.3, 0.4) is 0 Å². The number of sulfone groups is 1. The molecule has 0 aromatic carbocycles. The maximum absolute atomic E-state index is 12.4. The molecule has 0 unspecified atom stereocenters. The number of carbonyl (C=O) groups is 1. The van der Waals surface area contributed by atoms with Crippen molar-refractivity contribution in [2.75, 3.05) is 36.5 Å². The largest absolute Gasteiger partial charge is 0.370 e. The number of rotatable bonds is 5. The number of carbonyl (C=O) groups excluding carboxylic acids is 1. The average Bonchev–Trinajstić information content (AvgIpc) is 3.08. The molecule has 0 atom stereocenters. The molecule has 0 radical (unpaired) electrons. The van der Waals surface area contributed by atoms with Gasteiger partial charge in [0.25, 0.3) is 5.91 Å². The van der Waals surface area contributed by atoms with Crippen molar-refractivity contribution in [2.24, 2.45) is 0 Å². The van der Waals surface area contributed by atoms with Crippen LogP contribution in [0.1, 0.15) is 15.4 Å². The summed E-state index contributed by atoms with van der Waals surface area (Å²) in [5.74, 6) is 0.585. The van der Waals surface area contributed by atoms with E-state index in [0.717, 1.165) is 18.0 Å². The summed E-state index contributed by atoms with van der Waals surface area (Å²) in [6.07, 6.45) is 4.13. The second-order valence-electron chi connectivity index (χ2n) is 5.48. The Morgan fingerprint density at radius 1 is 1.25 bits per heavy atom. The highest BCUT2D eigenvalue weighted by Gasteiger charge is 2.25. The van der Waals surface area contributed by atoms with E-state index in [1.807, 2.05) is 5.38 Å². The van der Waals surface area contributed by atoms with E-state index in [1.54, 1.807) is 34.6 Å². The Bertz CT molecular complexity index is 775. The Labute approximate surface area is 144 Å². The molecule has 9 heteroatoms. The van der Waals surface area contributed by atoms with Crippen molar-refractivity contribution in [3.05, 3.63) is 40.5 Å². The number of hydrogen-bond acceptors (Lipinski definition) is 7. The number of aromatic nitrogens is 2. The van der Waals surface area contributed by atoms with Crippen LogP contribution in [-0.2, 0) is 16.3 Å². The van der Waals surface area contributed by atoms with Gasteiger partial charge in [-0.3, -0.25) is 4.79 Å². The first kappa shape index (κ1) is 16.8. The Morgan fingerprint density at radius 2 is 2.04 bits per heavy atom. The van der Waals surface area contributed by atoms with E-state index in [1.165, 1.54) is 6.20 Å². The minimum absolute atomic E-state index is 0.0303. The third-order valence-electron chi connectivity index (χ3n) is 3.77. The standard InChI is InChI=1S/C15H18N4O3S2/c20-15(19-6-9-24(21,22)10-7-19)12-1-2-13(18-11-12)16-4-3-14-17-5-8-23-14/h1-2,5,8,11H,3-4,6-7,9-10H2,(H,16,18). The molecule has 2 aromatic rings. The lowest BCUT2D eigenvalue weighted by atomic mass is 10.2. The summed E-state index contributed by atoms with van der Waals surface area (Å²) in [6.45, 7) is 1.21. The summed E-state index contributed by atoms with van der Waals surface area (Å²) in [5, 5.41) is 6.20. The van der Waals surface area contributed by atoms with Gasteiger partial charge < -0.3 is 10.2 Å². The Hall–Kier alpha value is -2.00. The Balaban J connectivity index is 1.53. The van der Waals surface area contributed by atoms with Gasteiger partial charge in [0.2, 0.25) is 0 Å². The molecule has 1 N–H and O–H groups in total. The molecule has 0 aliphatic carbocycles. The minimum Gasteiger partial charge on any atom is -0.370 e. The van der Waals surface area contributed by atoms with Gasteiger partial charge in [-0.05, 0) is 12.1 Å². The molecule has 2 aromatic heterocycles. The third-order valence-corrected chi connectivity index (χ3v) is 6.22. The van der Waals surface area contributed by atoms with E-state index in [4.69, 9.17) is 0 Å². The Morgan fingerprint density at radius 3 is 2.67 bits per heavy atom. The molecule has 128 valence electrons. The van der Waals surface area contributed by atoms with Gasteiger partial charge in [0.05, 0.1) is 22.1 Å². The van der Waals surface area contributed by atoms with Crippen molar-refractivity contribution < 1.29 is 13.2 Å². The van der Waals surface area contributed by atoms with E-state index in [2.05, 4.69) is 15.3 Å². The first-order valence-electron chi connectivity index (χ1n) is 7.61. The predicted octanol–water partition coefficient (Wildman–Crippen LogP) is 1.06. The van der Waals surface area contributed by atoms with Crippen LogP contribution in [0.5, 0.6) is 0 Å². The molecule has 3 heterocycles. The van der Waals surface area contributed by atoms with Crippen LogP contribution in [0, 0.1) is 0 Å². The van der Waals surface area contributed by atoms with E-state index < -0.39 is 9.84 Å². The molecule has 24 heavy (non-hydrogen) atoms. The maximum atomic E-state index is 12.4. The minimum atomic E-state index is -2.99. The molecular formula is C15H18N4O3S2. The highest BCUT2D eigenvalue weighted by molar-refractivity contribution is 7.91. The van der Waals surface area contributed by atoms with Crippen LogP contribution in [0.4, 0.5) is 5.82 Å². The zero-order valence-corrected chi connectivity index (χ0v) is 14.6. The summed E-state index contributed by atoms with van der Waals surface area (Å²) in [7, 11) is -2.99. The van der Waals surface area contributed by atoms with Gasteiger partial charge in [-0.15, -0.1) is 11.3 Å². The number of amides is 1. The maximum Gasteiger partial charge on any atom is 0.255 e. The van der Waals surface area contributed by atoms with Gasteiger partial charge in [0, 0.05) is 43.8 Å². The predicted molar refractivity (Wildman–Crippen MR) is 93.1 cm³/mol. The monoisotopic (exact) mass is 366 g/mol. The number of pyridine rings is 1. The van der Waals surface area contributed by atoms with E-state index >= 15 is 0 Å². The van der Waals surface area contributed by atoms with Crippen LogP contribution >= 0.6 is 11.3 Å². The summed E-state index contributed by atoms with van der Waals surface area (Å²) in [6, 6.07) is 3.47. The van der Waals surface area contributed by atoms with Gasteiger partial charge >= 0.3 is 0 Å². The van der Waals surface area contributed by atoms with Gasteiger partial charge in [-0.1, -0.05) is 0 Å². The van der Waals surface area contributed by atoms with Crippen LogP contribution in [0.15, 0.2) is 29.9 Å². The molecule has 7 nitrogen and oxygen atoms in total. The SMILES string of the molecule is O=C(c1ccc(NCCc2nccs2)nc1)N1CCS(=O)(=O)CC1. The number of hydrogen-bond donors (Lipinski definition) is 1. The molecule has 0 spiro atoms. The van der Waals surface area contributed by atoms with Crippen molar-refractivity contribution >= 4 is 32.9 Å². The van der Waals surface area contributed by atoms with Gasteiger partial charge in [-0.25, -0.2) is 18.4 Å². The van der Waals surface area contributed by atoms with E-state index in [9.17, 15) is 13.2 Å². The van der Waals surface area contributed by atoms with Crippen molar-refractivity contribution in [1.29, 1.82) is 0 Å². The van der Waals surface area contributed by atoms with E-state index in [0.29, 0.717) is 11.4 Å². The second kappa shape index (κ2) is 7.27. The van der Waals surface area contributed by atoms with Crippen LogP contribution < -0.4 is 5.32 Å². The molecule has 1 saturated heterocycles. The van der Waals surface area contributed by atoms with Crippen LogP contribution in [0.25, 0.3) is 0 Å². The van der Waals surface area contributed by atoms with Crippen LogP contribution in [-0.4, -0.2) is 60.3 Å². The normalized spacial score (nSPS) is 16.8. The van der Waals surface area contributed by atoms with Gasteiger partial charge in [0.1, 0.15) is 5.82 Å². The van der Waals surface area contributed by atoms with E-state index in [-0.39, 0.29) is 30.5 Å². The summed E-state index contributed by atoms with van der Waals surface area (Å²) >= 11 is 1.62. The van der Waals surface area contributed by atoms with Crippen LogP contribution in [0.2, 0.25) is 0 Å². The molecule has 3 rings (SSSR count). The first-order chi connectivity index (χ1) is 11.5. The molecule has 1 fully saturated rings. The lowest BCUT2D eigenvalue weighted by Gasteiger charge is -2.26. The number of nitrogens with one attached hydrogen (secondary N) is 1. The second-order valence-corrected chi connectivity index (χ2v) is 8.76. The fourth-order valence-corrected chi connectivity index (χ4v) is 4.22. The third kappa shape index (κ3) is 4.30. The average molecular weight is 366 g/mol. The molecule has 0 bridgehead atoms. The molecular weight excluding hydrogens is 348 g/mol. The number of thiazole rings is 1.